The predicted molar refractivity (Wildman–Crippen MR) is 77.6 cm³/mol. The van der Waals surface area contributed by atoms with Crippen molar-refractivity contribution in [3.63, 3.8) is 0 Å². The lowest BCUT2D eigenvalue weighted by Crippen LogP contribution is -2.34. The summed E-state index contributed by atoms with van der Waals surface area (Å²) in [6, 6.07) is 6.14. The van der Waals surface area contributed by atoms with Crippen LogP contribution in [-0.4, -0.2) is 44.5 Å². The van der Waals surface area contributed by atoms with Crippen molar-refractivity contribution in [2.75, 3.05) is 25.1 Å². The Balaban J connectivity index is 1.84. The van der Waals surface area contributed by atoms with Gasteiger partial charge in [0, 0.05) is 12.1 Å². The molecule has 1 aromatic rings. The van der Waals surface area contributed by atoms with Gasteiger partial charge in [-0.15, -0.1) is 0 Å². The molecule has 1 aliphatic heterocycles. The average molecular weight is 300 g/mol. The second kappa shape index (κ2) is 6.20. The van der Waals surface area contributed by atoms with Crippen molar-refractivity contribution in [3.8, 4) is 0 Å². The van der Waals surface area contributed by atoms with Crippen LogP contribution in [0.3, 0.4) is 0 Å². The zero-order valence-electron chi connectivity index (χ0n) is 11.6. The van der Waals surface area contributed by atoms with Crippen molar-refractivity contribution in [1.82, 2.24) is 4.90 Å². The fraction of sp³-hybridized carbons (Fsp3) is 0.571. The maximum atomic E-state index is 12.8. The lowest BCUT2D eigenvalue weighted by Gasteiger charge is -2.24. The summed E-state index contributed by atoms with van der Waals surface area (Å²) in [6.45, 7) is 0.735. The van der Waals surface area contributed by atoms with Crippen LogP contribution in [0.2, 0.25) is 0 Å². The van der Waals surface area contributed by atoms with E-state index in [0.717, 1.165) is 18.5 Å². The Morgan fingerprint density at radius 3 is 2.60 bits per heavy atom. The van der Waals surface area contributed by atoms with Gasteiger partial charge in [-0.05, 0) is 44.1 Å². The third-order valence-electron chi connectivity index (χ3n) is 3.92. The van der Waals surface area contributed by atoms with E-state index in [1.165, 1.54) is 12.1 Å². The molecule has 2 atom stereocenters. The Morgan fingerprint density at radius 1 is 1.40 bits per heavy atom. The van der Waals surface area contributed by atoms with Gasteiger partial charge in [-0.1, -0.05) is 12.1 Å². The SMILES string of the molecule is CN(CCC(N)c1ccc(F)cc1)C1CCS(=O)(=O)C1. The Morgan fingerprint density at radius 2 is 2.05 bits per heavy atom. The molecule has 0 bridgehead atoms. The number of benzene rings is 1. The number of sulfone groups is 1. The molecular formula is C14H21FN2O2S. The Labute approximate surface area is 119 Å². The van der Waals surface area contributed by atoms with Gasteiger partial charge in [0.05, 0.1) is 11.5 Å². The number of halogens is 1. The van der Waals surface area contributed by atoms with Gasteiger partial charge in [0.15, 0.2) is 9.84 Å². The number of nitrogens with two attached hydrogens (primary N) is 1. The van der Waals surface area contributed by atoms with Crippen LogP contribution in [0.25, 0.3) is 0 Å². The van der Waals surface area contributed by atoms with E-state index in [0.29, 0.717) is 6.42 Å². The van der Waals surface area contributed by atoms with Crippen LogP contribution in [0.15, 0.2) is 24.3 Å². The van der Waals surface area contributed by atoms with E-state index in [1.54, 1.807) is 12.1 Å². The van der Waals surface area contributed by atoms with Gasteiger partial charge in [-0.2, -0.15) is 0 Å². The summed E-state index contributed by atoms with van der Waals surface area (Å²) in [5.74, 6) is 0.260. The number of hydrogen-bond donors (Lipinski definition) is 1. The fourth-order valence-electron chi connectivity index (χ4n) is 2.52. The second-order valence-electron chi connectivity index (χ2n) is 5.48. The summed E-state index contributed by atoms with van der Waals surface area (Å²) < 4.78 is 35.7. The first-order chi connectivity index (χ1) is 9.37. The third-order valence-corrected chi connectivity index (χ3v) is 5.67. The minimum absolute atomic E-state index is 0.0976. The van der Waals surface area contributed by atoms with Gasteiger partial charge in [-0.25, -0.2) is 12.8 Å². The minimum atomic E-state index is -2.85. The molecule has 4 nitrogen and oxygen atoms in total. The summed E-state index contributed by atoms with van der Waals surface area (Å²) >= 11 is 0. The molecule has 1 aromatic carbocycles. The van der Waals surface area contributed by atoms with Crippen molar-refractivity contribution in [2.45, 2.75) is 24.9 Å². The molecule has 1 fully saturated rings. The minimum Gasteiger partial charge on any atom is -0.324 e. The molecule has 0 aromatic heterocycles. The Hall–Kier alpha value is -0.980. The van der Waals surface area contributed by atoms with Crippen LogP contribution in [0.5, 0.6) is 0 Å². The normalized spacial score (nSPS) is 23.1. The molecule has 0 radical (unpaired) electrons. The molecule has 0 aliphatic carbocycles. The standard InChI is InChI=1S/C14H21FN2O2S/c1-17(13-7-9-20(18,19)10-13)8-6-14(16)11-2-4-12(15)5-3-11/h2-5,13-14H,6-10,16H2,1H3. The van der Waals surface area contributed by atoms with E-state index in [4.69, 9.17) is 5.73 Å². The van der Waals surface area contributed by atoms with Gasteiger partial charge in [0.2, 0.25) is 0 Å². The third kappa shape index (κ3) is 4.01. The highest BCUT2D eigenvalue weighted by atomic mass is 32.2. The molecule has 6 heteroatoms. The van der Waals surface area contributed by atoms with E-state index in [9.17, 15) is 12.8 Å². The topological polar surface area (TPSA) is 63.4 Å². The maximum Gasteiger partial charge on any atom is 0.151 e. The lowest BCUT2D eigenvalue weighted by atomic mass is 10.0. The van der Waals surface area contributed by atoms with E-state index < -0.39 is 9.84 Å². The van der Waals surface area contributed by atoms with Crippen LogP contribution >= 0.6 is 0 Å². The summed E-state index contributed by atoms with van der Waals surface area (Å²) in [6.07, 6.45) is 1.42. The van der Waals surface area contributed by atoms with Crippen molar-refractivity contribution in [2.24, 2.45) is 5.73 Å². The predicted octanol–water partition coefficient (Wildman–Crippen LogP) is 1.33. The Kier molecular flexibility index (Phi) is 4.78. The van der Waals surface area contributed by atoms with Gasteiger partial charge in [0.25, 0.3) is 0 Å². The first-order valence-corrected chi connectivity index (χ1v) is 8.61. The van der Waals surface area contributed by atoms with Gasteiger partial charge < -0.3 is 10.6 Å². The van der Waals surface area contributed by atoms with Crippen LogP contribution in [0, 0.1) is 5.82 Å². The number of nitrogens with zero attached hydrogens (tertiary/aromatic N) is 1. The smallest absolute Gasteiger partial charge is 0.151 e. The molecular weight excluding hydrogens is 279 g/mol. The van der Waals surface area contributed by atoms with Crippen molar-refractivity contribution < 1.29 is 12.8 Å². The molecule has 2 N–H and O–H groups in total. The van der Waals surface area contributed by atoms with Gasteiger partial charge in [-0.3, -0.25) is 0 Å². The van der Waals surface area contributed by atoms with Crippen molar-refractivity contribution in [1.29, 1.82) is 0 Å². The quantitative estimate of drug-likeness (QED) is 0.891. The van der Waals surface area contributed by atoms with Crippen molar-refractivity contribution >= 4 is 9.84 Å². The van der Waals surface area contributed by atoms with E-state index >= 15 is 0 Å². The molecule has 2 unspecified atom stereocenters. The Bertz CT molecular complexity index is 545. The zero-order chi connectivity index (χ0) is 14.8. The molecule has 112 valence electrons. The molecule has 1 heterocycles. The van der Waals surface area contributed by atoms with Crippen LogP contribution in [0.4, 0.5) is 4.39 Å². The molecule has 0 amide bonds. The maximum absolute atomic E-state index is 12.8. The number of hydrogen-bond acceptors (Lipinski definition) is 4. The van der Waals surface area contributed by atoms with E-state index in [1.807, 2.05) is 7.05 Å². The number of rotatable bonds is 5. The second-order valence-corrected chi connectivity index (χ2v) is 7.71. The summed E-state index contributed by atoms with van der Waals surface area (Å²) in [4.78, 5) is 2.06. The van der Waals surface area contributed by atoms with E-state index in [-0.39, 0.29) is 29.4 Å². The molecule has 1 saturated heterocycles. The highest BCUT2D eigenvalue weighted by Gasteiger charge is 2.30. The largest absolute Gasteiger partial charge is 0.324 e. The van der Waals surface area contributed by atoms with Crippen LogP contribution in [0.1, 0.15) is 24.4 Å². The lowest BCUT2D eigenvalue weighted by molar-refractivity contribution is 0.252. The average Bonchev–Trinajstić information content (AvgIpc) is 2.77. The first-order valence-electron chi connectivity index (χ1n) is 6.79. The molecule has 0 saturated carbocycles. The molecule has 0 spiro atoms. The highest BCUT2D eigenvalue weighted by molar-refractivity contribution is 7.91. The summed E-state index contributed by atoms with van der Waals surface area (Å²) in [5.41, 5.74) is 6.98. The summed E-state index contributed by atoms with van der Waals surface area (Å²) in [7, 11) is -0.917. The zero-order valence-corrected chi connectivity index (χ0v) is 12.4. The molecule has 2 rings (SSSR count). The van der Waals surface area contributed by atoms with Gasteiger partial charge in [0.1, 0.15) is 5.82 Å². The van der Waals surface area contributed by atoms with Crippen LogP contribution in [-0.2, 0) is 9.84 Å². The van der Waals surface area contributed by atoms with Crippen molar-refractivity contribution in [3.05, 3.63) is 35.6 Å². The highest BCUT2D eigenvalue weighted by Crippen LogP contribution is 2.19. The van der Waals surface area contributed by atoms with Crippen LogP contribution < -0.4 is 5.73 Å². The van der Waals surface area contributed by atoms with Gasteiger partial charge >= 0.3 is 0 Å². The first kappa shape index (κ1) is 15.4. The fourth-order valence-corrected chi connectivity index (χ4v) is 4.33. The molecule has 20 heavy (non-hydrogen) atoms. The monoisotopic (exact) mass is 300 g/mol. The van der Waals surface area contributed by atoms with E-state index in [2.05, 4.69) is 4.90 Å². The summed E-state index contributed by atoms with van der Waals surface area (Å²) in [5, 5.41) is 0. The molecule has 1 aliphatic rings.